The van der Waals surface area contributed by atoms with E-state index in [4.69, 9.17) is 0 Å². The first-order valence-electron chi connectivity index (χ1n) is 3.89. The minimum atomic E-state index is 0.427. The fourth-order valence-electron chi connectivity index (χ4n) is 0.695. The monoisotopic (exact) mass is 147 g/mol. The van der Waals surface area contributed by atoms with E-state index < -0.39 is 0 Å². The Morgan fingerprint density at radius 3 is 2.36 bits per heavy atom. The molecule has 0 fully saturated rings. The van der Waals surface area contributed by atoms with Crippen LogP contribution in [-0.2, 0) is 0 Å². The molecule has 0 amide bonds. The van der Waals surface area contributed by atoms with Gasteiger partial charge in [-0.2, -0.15) is 0 Å². The summed E-state index contributed by atoms with van der Waals surface area (Å²) < 4.78 is 0. The molecule has 11 heavy (non-hydrogen) atoms. The molecule has 0 aliphatic carbocycles. The third kappa shape index (κ3) is 4.66. The summed E-state index contributed by atoms with van der Waals surface area (Å²) in [4.78, 5) is 0. The van der Waals surface area contributed by atoms with Crippen molar-refractivity contribution in [3.8, 4) is 0 Å². The Morgan fingerprint density at radius 1 is 1.45 bits per heavy atom. The van der Waals surface area contributed by atoms with Crippen molar-refractivity contribution >= 4 is 7.28 Å². The first kappa shape index (κ1) is 10.3. The minimum absolute atomic E-state index is 0.427. The molecule has 0 aromatic rings. The summed E-state index contributed by atoms with van der Waals surface area (Å²) in [5.74, 6) is 0.427. The predicted molar refractivity (Wildman–Crippen MR) is 53.9 cm³/mol. The second-order valence-electron chi connectivity index (χ2n) is 2.86. The first-order chi connectivity index (χ1) is 5.07. The van der Waals surface area contributed by atoms with Gasteiger partial charge in [-0.25, -0.2) is 0 Å². The van der Waals surface area contributed by atoms with Gasteiger partial charge >= 0.3 is 0 Å². The van der Waals surface area contributed by atoms with E-state index in [9.17, 15) is 0 Å². The highest BCUT2D eigenvalue weighted by Crippen LogP contribution is 2.09. The molecule has 0 spiro atoms. The molecule has 1 heteroatoms. The van der Waals surface area contributed by atoms with Gasteiger partial charge in [0.25, 0.3) is 0 Å². The second kappa shape index (κ2) is 5.00. The molecule has 0 bridgehead atoms. The minimum Gasteiger partial charge on any atom is -0.110 e. The van der Waals surface area contributed by atoms with Gasteiger partial charge in [-0.15, -0.1) is 12.1 Å². The lowest BCUT2D eigenvalue weighted by Gasteiger charge is -2.06. The van der Waals surface area contributed by atoms with Crippen molar-refractivity contribution in [3.63, 3.8) is 0 Å². The van der Waals surface area contributed by atoms with Crippen LogP contribution in [0.2, 0.25) is 6.82 Å². The molecular weight excluding hydrogens is 131 g/mol. The Hall–Kier alpha value is -0.715. The summed E-state index contributed by atoms with van der Waals surface area (Å²) >= 11 is 0. The van der Waals surface area contributed by atoms with Gasteiger partial charge in [0.2, 0.25) is 0 Å². The second-order valence-corrected chi connectivity index (χ2v) is 2.86. The lowest BCUT2D eigenvalue weighted by molar-refractivity contribution is 0.917. The summed E-state index contributed by atoms with van der Waals surface area (Å²) in [6, 6.07) is 0. The van der Waals surface area contributed by atoms with Crippen molar-refractivity contribution < 1.29 is 0 Å². The van der Waals surface area contributed by atoms with E-state index in [1.165, 1.54) is 0 Å². The number of rotatable bonds is 4. The van der Waals surface area contributed by atoms with Gasteiger partial charge in [0.15, 0.2) is 0 Å². The molecule has 0 saturated carbocycles. The summed E-state index contributed by atoms with van der Waals surface area (Å²) in [6.45, 7) is 13.8. The summed E-state index contributed by atoms with van der Waals surface area (Å²) in [7, 11) is 2.04. The first-order valence-corrected chi connectivity index (χ1v) is 3.89. The van der Waals surface area contributed by atoms with E-state index in [1.807, 2.05) is 27.1 Å². The van der Waals surface area contributed by atoms with Crippen LogP contribution >= 0.6 is 0 Å². The Balaban J connectivity index is 3.95. The van der Waals surface area contributed by atoms with Gasteiger partial charge in [-0.3, -0.25) is 0 Å². The fourth-order valence-corrected chi connectivity index (χ4v) is 0.695. The molecule has 0 N–H and O–H groups in total. The van der Waals surface area contributed by atoms with Crippen LogP contribution in [0.3, 0.4) is 0 Å². The fraction of sp³-hybridized carbons (Fsp3) is 0.400. The number of hydrogen-bond acceptors (Lipinski definition) is 0. The maximum Gasteiger partial charge on any atom is 0.142 e. The summed E-state index contributed by atoms with van der Waals surface area (Å²) in [6.07, 6.45) is 4.14. The Bertz CT molecular complexity index is 177. The molecule has 0 aliphatic heterocycles. The summed E-state index contributed by atoms with van der Waals surface area (Å²) in [5, 5.41) is 0. The van der Waals surface area contributed by atoms with Crippen molar-refractivity contribution in [3.05, 3.63) is 36.4 Å². The van der Waals surface area contributed by atoms with E-state index >= 15 is 0 Å². The van der Waals surface area contributed by atoms with E-state index in [0.717, 1.165) is 11.0 Å². The van der Waals surface area contributed by atoms with Crippen LogP contribution in [0.15, 0.2) is 36.4 Å². The lowest BCUT2D eigenvalue weighted by Crippen LogP contribution is -1.99. The van der Waals surface area contributed by atoms with Gasteiger partial charge in [-0.1, -0.05) is 38.1 Å². The highest BCUT2D eigenvalue weighted by molar-refractivity contribution is 6.43. The number of allylic oxidation sites excluding steroid dienone is 4. The van der Waals surface area contributed by atoms with E-state index in [0.29, 0.717) is 5.92 Å². The Labute approximate surface area is 70.9 Å². The molecule has 1 unspecified atom stereocenters. The number of hydrogen-bond donors (Lipinski definition) is 0. The zero-order chi connectivity index (χ0) is 8.85. The molecule has 0 aromatic carbocycles. The highest BCUT2D eigenvalue weighted by Gasteiger charge is 1.98. The molecule has 0 aliphatic rings. The van der Waals surface area contributed by atoms with E-state index in [2.05, 4.69) is 26.2 Å². The predicted octanol–water partition coefficient (Wildman–Crippen LogP) is 3.02. The average Bonchev–Trinajstić information content (AvgIpc) is 1.98. The molecule has 1 atom stereocenters. The summed E-state index contributed by atoms with van der Waals surface area (Å²) in [5.41, 5.74) is 2.24. The molecule has 0 aromatic heterocycles. The van der Waals surface area contributed by atoms with Crippen LogP contribution in [0.25, 0.3) is 0 Å². The average molecular weight is 147 g/mol. The van der Waals surface area contributed by atoms with Gasteiger partial charge in [0.1, 0.15) is 7.28 Å². The van der Waals surface area contributed by atoms with Gasteiger partial charge in [0, 0.05) is 0 Å². The zero-order valence-electron chi connectivity index (χ0n) is 7.72. The van der Waals surface area contributed by atoms with Crippen LogP contribution < -0.4 is 0 Å². The van der Waals surface area contributed by atoms with Crippen LogP contribution in [0.5, 0.6) is 0 Å². The quantitative estimate of drug-likeness (QED) is 0.423. The Kier molecular flexibility index (Phi) is 4.68. The van der Waals surface area contributed by atoms with E-state index in [-0.39, 0.29) is 0 Å². The van der Waals surface area contributed by atoms with Crippen LogP contribution in [0.4, 0.5) is 0 Å². The molecule has 1 radical (unpaired) electrons. The van der Waals surface area contributed by atoms with Crippen molar-refractivity contribution in [2.45, 2.75) is 20.7 Å². The molecule has 0 rings (SSSR count). The van der Waals surface area contributed by atoms with Crippen LogP contribution in [-0.4, -0.2) is 7.28 Å². The van der Waals surface area contributed by atoms with Gasteiger partial charge in [-0.05, 0) is 12.8 Å². The van der Waals surface area contributed by atoms with Crippen molar-refractivity contribution in [2.75, 3.05) is 0 Å². The van der Waals surface area contributed by atoms with Crippen LogP contribution in [0, 0.1) is 5.92 Å². The van der Waals surface area contributed by atoms with E-state index in [1.54, 1.807) is 0 Å². The molecular formula is C10H16B. The molecule has 0 saturated heterocycles. The lowest BCUT2D eigenvalue weighted by atomic mass is 9.68. The maximum atomic E-state index is 3.91. The van der Waals surface area contributed by atoms with Crippen molar-refractivity contribution in [1.82, 2.24) is 0 Å². The SMILES string of the molecule is C=C(C)/C=C\C(C)C(=C)[B]C. The van der Waals surface area contributed by atoms with Crippen molar-refractivity contribution in [2.24, 2.45) is 5.92 Å². The van der Waals surface area contributed by atoms with Gasteiger partial charge < -0.3 is 0 Å². The smallest absolute Gasteiger partial charge is 0.110 e. The Morgan fingerprint density at radius 2 is 2.00 bits per heavy atom. The van der Waals surface area contributed by atoms with Gasteiger partial charge in [0.05, 0.1) is 0 Å². The standard InChI is InChI=1S/C10H16B/c1-8(2)6-7-9(3)10(4)11-5/h6-7,9H,1,4H2,2-3,5H3/b7-6-. The largest absolute Gasteiger partial charge is 0.142 e. The topological polar surface area (TPSA) is 0 Å². The third-order valence-electron chi connectivity index (χ3n) is 1.63. The van der Waals surface area contributed by atoms with Crippen molar-refractivity contribution in [1.29, 1.82) is 0 Å². The highest BCUT2D eigenvalue weighted by atomic mass is 14.0. The third-order valence-corrected chi connectivity index (χ3v) is 1.63. The molecule has 0 heterocycles. The maximum absolute atomic E-state index is 3.91. The van der Waals surface area contributed by atoms with Crippen LogP contribution in [0.1, 0.15) is 13.8 Å². The normalized spacial score (nSPS) is 13.0. The zero-order valence-corrected chi connectivity index (χ0v) is 7.72. The molecule has 59 valence electrons. The molecule has 0 nitrogen and oxygen atoms in total.